The minimum absolute atomic E-state index is 0.193. The van der Waals surface area contributed by atoms with Crippen molar-refractivity contribution in [2.45, 2.75) is 42.4 Å². The van der Waals surface area contributed by atoms with Crippen LogP contribution in [0.3, 0.4) is 0 Å². The van der Waals surface area contributed by atoms with Gasteiger partial charge in [0.05, 0.1) is 11.9 Å². The summed E-state index contributed by atoms with van der Waals surface area (Å²) in [6.45, 7) is 2.10. The Balaban J connectivity index is 1.60. The van der Waals surface area contributed by atoms with Gasteiger partial charge in [-0.1, -0.05) is 23.4 Å². The largest absolute Gasteiger partial charge is 0.393 e. The van der Waals surface area contributed by atoms with Crippen molar-refractivity contribution in [3.05, 3.63) is 41.5 Å². The Morgan fingerprint density at radius 2 is 2.16 bits per heavy atom. The summed E-state index contributed by atoms with van der Waals surface area (Å²) in [6, 6.07) is 8.27. The van der Waals surface area contributed by atoms with Crippen molar-refractivity contribution in [1.82, 2.24) is 10.1 Å². The number of nitrogens with zero attached hydrogens (tertiary/aromatic N) is 2. The minimum atomic E-state index is -0.193. The van der Waals surface area contributed by atoms with E-state index in [4.69, 9.17) is 4.52 Å². The van der Waals surface area contributed by atoms with Gasteiger partial charge in [-0.2, -0.15) is 4.98 Å². The molecule has 0 amide bonds. The molecule has 1 saturated carbocycles. The molecule has 0 aliphatic heterocycles. The maximum Gasteiger partial charge on any atom is 0.229 e. The zero-order valence-electron chi connectivity index (χ0n) is 10.7. The standard InChI is InChI=1S/C14H16N2O2S/c1-9-4-2-3-5-12(9)19-8-13-15-14(18-16-13)10-6-11(17)7-10/h2-5,10-11,17H,6-8H2,1H3. The van der Waals surface area contributed by atoms with Crippen LogP contribution in [0.15, 0.2) is 33.7 Å². The van der Waals surface area contributed by atoms with Crippen molar-refractivity contribution >= 4 is 11.8 Å². The molecule has 1 aliphatic rings. The normalized spacial score (nSPS) is 22.2. The van der Waals surface area contributed by atoms with Gasteiger partial charge in [-0.3, -0.25) is 0 Å². The molecule has 3 rings (SSSR count). The Bertz CT molecular complexity index is 564. The van der Waals surface area contributed by atoms with E-state index in [1.165, 1.54) is 10.5 Å². The summed E-state index contributed by atoms with van der Waals surface area (Å²) < 4.78 is 5.25. The molecule has 100 valence electrons. The van der Waals surface area contributed by atoms with Gasteiger partial charge in [0, 0.05) is 10.8 Å². The van der Waals surface area contributed by atoms with E-state index >= 15 is 0 Å². The summed E-state index contributed by atoms with van der Waals surface area (Å²) in [4.78, 5) is 5.65. The van der Waals surface area contributed by atoms with Crippen LogP contribution in [0.5, 0.6) is 0 Å². The molecule has 1 fully saturated rings. The number of aryl methyl sites for hydroxylation is 1. The number of benzene rings is 1. The maximum absolute atomic E-state index is 9.28. The quantitative estimate of drug-likeness (QED) is 0.870. The Hall–Kier alpha value is -1.33. The summed E-state index contributed by atoms with van der Waals surface area (Å²) in [5.74, 6) is 2.36. The zero-order valence-corrected chi connectivity index (χ0v) is 11.6. The molecule has 0 radical (unpaired) electrons. The first-order valence-corrected chi connectivity index (χ1v) is 7.40. The van der Waals surface area contributed by atoms with Crippen molar-refractivity contribution in [2.24, 2.45) is 0 Å². The van der Waals surface area contributed by atoms with E-state index < -0.39 is 0 Å². The zero-order chi connectivity index (χ0) is 13.2. The van der Waals surface area contributed by atoms with E-state index in [2.05, 4.69) is 29.2 Å². The van der Waals surface area contributed by atoms with Crippen molar-refractivity contribution in [1.29, 1.82) is 0 Å². The van der Waals surface area contributed by atoms with Crippen LogP contribution < -0.4 is 0 Å². The molecule has 1 heterocycles. The Labute approximate surface area is 116 Å². The highest BCUT2D eigenvalue weighted by molar-refractivity contribution is 7.98. The second kappa shape index (κ2) is 5.35. The predicted octanol–water partition coefficient (Wildman–Crippen LogP) is 2.91. The maximum atomic E-state index is 9.28. The Morgan fingerprint density at radius 3 is 2.89 bits per heavy atom. The summed E-state index contributed by atoms with van der Waals surface area (Å²) in [5, 5.41) is 13.3. The molecular weight excluding hydrogens is 260 g/mol. The molecule has 5 heteroatoms. The fourth-order valence-electron chi connectivity index (χ4n) is 2.14. The minimum Gasteiger partial charge on any atom is -0.393 e. The highest BCUT2D eigenvalue weighted by atomic mass is 32.2. The van der Waals surface area contributed by atoms with Crippen LogP contribution in [0.1, 0.15) is 36.0 Å². The molecule has 0 saturated heterocycles. The van der Waals surface area contributed by atoms with Crippen LogP contribution in [0.2, 0.25) is 0 Å². The Morgan fingerprint density at radius 1 is 1.37 bits per heavy atom. The lowest BCUT2D eigenvalue weighted by Crippen LogP contribution is -2.26. The SMILES string of the molecule is Cc1ccccc1SCc1noc(C2CC(O)C2)n1. The third kappa shape index (κ3) is 2.82. The highest BCUT2D eigenvalue weighted by Crippen LogP contribution is 2.36. The molecule has 1 aliphatic carbocycles. The molecule has 1 aromatic carbocycles. The van der Waals surface area contributed by atoms with Gasteiger partial charge in [-0.25, -0.2) is 0 Å². The lowest BCUT2D eigenvalue weighted by Gasteiger charge is -2.27. The van der Waals surface area contributed by atoms with E-state index in [1.54, 1.807) is 11.8 Å². The van der Waals surface area contributed by atoms with Gasteiger partial charge < -0.3 is 9.63 Å². The number of thioether (sulfide) groups is 1. The van der Waals surface area contributed by atoms with E-state index in [-0.39, 0.29) is 12.0 Å². The first-order chi connectivity index (χ1) is 9.22. The van der Waals surface area contributed by atoms with Gasteiger partial charge in [0.25, 0.3) is 0 Å². The average molecular weight is 276 g/mol. The van der Waals surface area contributed by atoms with E-state index in [0.717, 1.165) is 18.7 Å². The smallest absolute Gasteiger partial charge is 0.229 e. The number of aromatic nitrogens is 2. The molecule has 4 nitrogen and oxygen atoms in total. The number of rotatable bonds is 4. The van der Waals surface area contributed by atoms with Gasteiger partial charge in [0.2, 0.25) is 5.89 Å². The summed E-state index contributed by atoms with van der Waals surface area (Å²) in [7, 11) is 0. The van der Waals surface area contributed by atoms with Gasteiger partial charge in [0.15, 0.2) is 5.82 Å². The molecule has 0 atom stereocenters. The first kappa shape index (κ1) is 12.7. The van der Waals surface area contributed by atoms with Crippen LogP contribution >= 0.6 is 11.8 Å². The van der Waals surface area contributed by atoms with Crippen molar-refractivity contribution < 1.29 is 9.63 Å². The number of aliphatic hydroxyl groups excluding tert-OH is 1. The second-order valence-corrected chi connectivity index (χ2v) is 5.94. The second-order valence-electron chi connectivity index (χ2n) is 4.93. The summed E-state index contributed by atoms with van der Waals surface area (Å²) in [5.41, 5.74) is 1.26. The van der Waals surface area contributed by atoms with E-state index in [9.17, 15) is 5.11 Å². The van der Waals surface area contributed by atoms with Crippen molar-refractivity contribution in [2.75, 3.05) is 0 Å². The fourth-order valence-corrected chi connectivity index (χ4v) is 3.01. The average Bonchev–Trinajstić information content (AvgIpc) is 2.82. The molecule has 0 unspecified atom stereocenters. The highest BCUT2D eigenvalue weighted by Gasteiger charge is 2.32. The molecule has 2 aromatic rings. The number of hydrogen-bond donors (Lipinski definition) is 1. The van der Waals surface area contributed by atoms with Gasteiger partial charge >= 0.3 is 0 Å². The fraction of sp³-hybridized carbons (Fsp3) is 0.429. The molecule has 0 spiro atoms. The van der Waals surface area contributed by atoms with Crippen LogP contribution in [0.4, 0.5) is 0 Å². The predicted molar refractivity (Wildman–Crippen MR) is 73.0 cm³/mol. The van der Waals surface area contributed by atoms with Crippen molar-refractivity contribution in [3.8, 4) is 0 Å². The molecule has 1 N–H and O–H groups in total. The summed E-state index contributed by atoms with van der Waals surface area (Å²) >= 11 is 1.72. The molecule has 1 aromatic heterocycles. The first-order valence-electron chi connectivity index (χ1n) is 6.41. The van der Waals surface area contributed by atoms with Crippen LogP contribution in [-0.4, -0.2) is 21.4 Å². The lowest BCUT2D eigenvalue weighted by molar-refractivity contribution is 0.0625. The van der Waals surface area contributed by atoms with E-state index in [1.807, 2.05) is 12.1 Å². The van der Waals surface area contributed by atoms with Gasteiger partial charge in [-0.15, -0.1) is 11.8 Å². The monoisotopic (exact) mass is 276 g/mol. The third-order valence-electron chi connectivity index (χ3n) is 3.40. The number of aliphatic hydroxyl groups is 1. The number of hydrogen-bond acceptors (Lipinski definition) is 5. The third-order valence-corrected chi connectivity index (χ3v) is 4.57. The molecule has 0 bridgehead atoms. The molecular formula is C14H16N2O2S. The van der Waals surface area contributed by atoms with Gasteiger partial charge in [0.1, 0.15) is 0 Å². The van der Waals surface area contributed by atoms with E-state index in [0.29, 0.717) is 11.6 Å². The Kier molecular flexibility index (Phi) is 3.57. The van der Waals surface area contributed by atoms with Crippen LogP contribution in [0, 0.1) is 6.92 Å². The van der Waals surface area contributed by atoms with Crippen molar-refractivity contribution in [3.63, 3.8) is 0 Å². The summed E-state index contributed by atoms with van der Waals surface area (Å²) in [6.07, 6.45) is 1.29. The topological polar surface area (TPSA) is 59.2 Å². The molecule has 19 heavy (non-hydrogen) atoms. The van der Waals surface area contributed by atoms with Crippen LogP contribution in [0.25, 0.3) is 0 Å². The van der Waals surface area contributed by atoms with Gasteiger partial charge in [-0.05, 0) is 31.4 Å². The van der Waals surface area contributed by atoms with Crippen LogP contribution in [-0.2, 0) is 5.75 Å². The lowest BCUT2D eigenvalue weighted by atomic mass is 9.82.